The number of amides is 1. The topological polar surface area (TPSA) is 93.8 Å². The van der Waals surface area contributed by atoms with Crippen molar-refractivity contribution in [2.45, 2.75) is 6.92 Å². The van der Waals surface area contributed by atoms with Crippen LogP contribution in [0.1, 0.15) is 22.8 Å². The van der Waals surface area contributed by atoms with Gasteiger partial charge in [0, 0.05) is 16.6 Å². The molecule has 2 aromatic rings. The van der Waals surface area contributed by atoms with Gasteiger partial charge in [-0.05, 0) is 42.8 Å². The van der Waals surface area contributed by atoms with Crippen molar-refractivity contribution in [2.24, 2.45) is 5.10 Å². The molecule has 0 saturated carbocycles. The van der Waals surface area contributed by atoms with Crippen LogP contribution in [0.4, 0.5) is 5.69 Å². The zero-order valence-electron chi connectivity index (χ0n) is 12.9. The van der Waals surface area contributed by atoms with E-state index in [1.54, 1.807) is 37.3 Å². The third-order valence-corrected chi connectivity index (χ3v) is 3.72. The van der Waals surface area contributed by atoms with Crippen LogP contribution >= 0.6 is 15.9 Å². The van der Waals surface area contributed by atoms with E-state index in [-0.39, 0.29) is 5.69 Å². The van der Waals surface area contributed by atoms with E-state index < -0.39 is 10.8 Å². The van der Waals surface area contributed by atoms with Crippen molar-refractivity contribution in [2.75, 3.05) is 7.11 Å². The van der Waals surface area contributed by atoms with E-state index in [2.05, 4.69) is 26.5 Å². The van der Waals surface area contributed by atoms with E-state index in [1.807, 2.05) is 0 Å². The number of nitro groups is 1. The lowest BCUT2D eigenvalue weighted by Crippen LogP contribution is -2.20. The first-order valence-corrected chi connectivity index (χ1v) is 7.64. The van der Waals surface area contributed by atoms with Crippen molar-refractivity contribution in [3.05, 3.63) is 68.2 Å². The van der Waals surface area contributed by atoms with Gasteiger partial charge in [0.05, 0.1) is 23.3 Å². The van der Waals surface area contributed by atoms with Crippen LogP contribution in [0, 0.1) is 10.1 Å². The van der Waals surface area contributed by atoms with Crippen LogP contribution in [0.5, 0.6) is 5.75 Å². The second kappa shape index (κ2) is 7.69. The van der Waals surface area contributed by atoms with Crippen LogP contribution in [0.2, 0.25) is 0 Å². The van der Waals surface area contributed by atoms with Gasteiger partial charge in [-0.2, -0.15) is 5.10 Å². The molecule has 0 aliphatic rings. The number of halogens is 1. The fourth-order valence-electron chi connectivity index (χ4n) is 1.94. The normalized spacial score (nSPS) is 11.0. The van der Waals surface area contributed by atoms with Gasteiger partial charge < -0.3 is 4.74 Å². The largest absolute Gasteiger partial charge is 0.496 e. The third kappa shape index (κ3) is 4.17. The lowest BCUT2D eigenvalue weighted by Gasteiger charge is -2.08. The molecule has 0 spiro atoms. The molecule has 0 unspecified atom stereocenters. The Morgan fingerprint density at radius 3 is 2.50 bits per heavy atom. The van der Waals surface area contributed by atoms with E-state index in [0.29, 0.717) is 22.6 Å². The average Bonchev–Trinajstić information content (AvgIpc) is 2.59. The minimum Gasteiger partial charge on any atom is -0.496 e. The summed E-state index contributed by atoms with van der Waals surface area (Å²) in [5.41, 5.74) is 3.97. The first-order chi connectivity index (χ1) is 11.4. The molecule has 8 heteroatoms. The second-order valence-corrected chi connectivity index (χ2v) is 5.70. The highest BCUT2D eigenvalue weighted by atomic mass is 79.9. The molecule has 7 nitrogen and oxygen atoms in total. The second-order valence-electron chi connectivity index (χ2n) is 4.79. The molecule has 0 aliphatic carbocycles. The smallest absolute Gasteiger partial charge is 0.275 e. The fraction of sp³-hybridized carbons (Fsp3) is 0.125. The minimum atomic E-state index is -0.475. The number of methoxy groups -OCH3 is 1. The van der Waals surface area contributed by atoms with E-state index >= 15 is 0 Å². The fourth-order valence-corrected chi connectivity index (χ4v) is 2.30. The molecule has 0 atom stereocenters. The Bertz CT molecular complexity index is 803. The molecule has 0 saturated heterocycles. The summed E-state index contributed by atoms with van der Waals surface area (Å²) in [6, 6.07) is 11.0. The SMILES string of the molecule is COc1ccc(Br)cc1C(=O)NN=C(C)c1ccc([N+](=O)[O-])cc1. The van der Waals surface area contributed by atoms with Gasteiger partial charge in [-0.3, -0.25) is 14.9 Å². The lowest BCUT2D eigenvalue weighted by atomic mass is 10.1. The Balaban J connectivity index is 2.16. The monoisotopic (exact) mass is 391 g/mol. The molecular formula is C16H14BrN3O4. The number of carbonyl (C=O) groups excluding carboxylic acids is 1. The molecule has 1 N–H and O–H groups in total. The lowest BCUT2D eigenvalue weighted by molar-refractivity contribution is -0.384. The van der Waals surface area contributed by atoms with E-state index in [1.165, 1.54) is 19.2 Å². The van der Waals surface area contributed by atoms with Crippen LogP contribution in [-0.4, -0.2) is 23.7 Å². The third-order valence-electron chi connectivity index (χ3n) is 3.23. The highest BCUT2D eigenvalue weighted by molar-refractivity contribution is 9.10. The molecule has 24 heavy (non-hydrogen) atoms. The highest BCUT2D eigenvalue weighted by Crippen LogP contribution is 2.22. The van der Waals surface area contributed by atoms with Crippen molar-refractivity contribution >= 4 is 33.2 Å². The van der Waals surface area contributed by atoms with Crippen molar-refractivity contribution in [3.8, 4) is 5.75 Å². The van der Waals surface area contributed by atoms with Crippen LogP contribution in [0.15, 0.2) is 52.0 Å². The number of hydrazone groups is 1. The highest BCUT2D eigenvalue weighted by Gasteiger charge is 2.12. The van der Waals surface area contributed by atoms with Gasteiger partial charge in [0.2, 0.25) is 0 Å². The van der Waals surface area contributed by atoms with Gasteiger partial charge in [-0.25, -0.2) is 5.43 Å². The standard InChI is InChI=1S/C16H14BrN3O4/c1-10(11-3-6-13(7-4-11)20(22)23)18-19-16(21)14-9-12(17)5-8-15(14)24-2/h3-9H,1-2H3,(H,19,21). The first kappa shape index (κ1) is 17.6. The predicted molar refractivity (Wildman–Crippen MR) is 93.5 cm³/mol. The van der Waals surface area contributed by atoms with Crippen molar-refractivity contribution in [1.82, 2.24) is 5.43 Å². The minimum absolute atomic E-state index is 0.00513. The molecule has 0 aliphatic heterocycles. The van der Waals surface area contributed by atoms with E-state index in [9.17, 15) is 14.9 Å². The van der Waals surface area contributed by atoms with Gasteiger partial charge in [0.1, 0.15) is 5.75 Å². The van der Waals surface area contributed by atoms with Crippen LogP contribution in [0.3, 0.4) is 0 Å². The number of benzene rings is 2. The summed E-state index contributed by atoms with van der Waals surface area (Å²) in [5.74, 6) is 0.00769. The Morgan fingerprint density at radius 1 is 1.25 bits per heavy atom. The number of nitrogens with zero attached hydrogens (tertiary/aromatic N) is 2. The van der Waals surface area contributed by atoms with Crippen LogP contribution in [0.25, 0.3) is 0 Å². The summed E-state index contributed by atoms with van der Waals surface area (Å²) in [7, 11) is 1.48. The molecule has 2 rings (SSSR count). The average molecular weight is 392 g/mol. The maximum Gasteiger partial charge on any atom is 0.275 e. The molecule has 0 heterocycles. The maximum absolute atomic E-state index is 12.2. The molecule has 0 fully saturated rings. The Kier molecular flexibility index (Phi) is 5.64. The zero-order chi connectivity index (χ0) is 17.7. The Hall–Kier alpha value is -2.74. The van der Waals surface area contributed by atoms with Crippen molar-refractivity contribution in [1.29, 1.82) is 0 Å². The first-order valence-electron chi connectivity index (χ1n) is 6.85. The van der Waals surface area contributed by atoms with E-state index in [4.69, 9.17) is 4.74 Å². The van der Waals surface area contributed by atoms with Gasteiger partial charge in [-0.1, -0.05) is 15.9 Å². The molecule has 0 radical (unpaired) electrons. The number of hydrogen-bond donors (Lipinski definition) is 1. The number of carbonyl (C=O) groups is 1. The van der Waals surface area contributed by atoms with Crippen LogP contribution < -0.4 is 10.2 Å². The molecule has 124 valence electrons. The Morgan fingerprint density at radius 2 is 1.92 bits per heavy atom. The predicted octanol–water partition coefficient (Wildman–Crippen LogP) is 3.52. The van der Waals surface area contributed by atoms with Gasteiger partial charge in [0.15, 0.2) is 0 Å². The molecule has 1 amide bonds. The van der Waals surface area contributed by atoms with Gasteiger partial charge >= 0.3 is 0 Å². The number of rotatable bonds is 5. The number of hydrogen-bond acceptors (Lipinski definition) is 5. The van der Waals surface area contributed by atoms with Gasteiger partial charge in [-0.15, -0.1) is 0 Å². The molecule has 2 aromatic carbocycles. The zero-order valence-corrected chi connectivity index (χ0v) is 14.5. The van der Waals surface area contributed by atoms with E-state index in [0.717, 1.165) is 4.47 Å². The summed E-state index contributed by atoms with van der Waals surface area (Å²) < 4.78 is 5.89. The summed E-state index contributed by atoms with van der Waals surface area (Å²) in [5, 5.41) is 14.7. The summed E-state index contributed by atoms with van der Waals surface area (Å²) in [6.45, 7) is 1.69. The maximum atomic E-state index is 12.2. The van der Waals surface area contributed by atoms with Crippen molar-refractivity contribution < 1.29 is 14.5 Å². The number of nitrogens with one attached hydrogen (secondary N) is 1. The number of ether oxygens (including phenoxy) is 1. The summed E-state index contributed by atoms with van der Waals surface area (Å²) >= 11 is 3.30. The van der Waals surface area contributed by atoms with Crippen LogP contribution in [-0.2, 0) is 0 Å². The van der Waals surface area contributed by atoms with Crippen molar-refractivity contribution in [3.63, 3.8) is 0 Å². The van der Waals surface area contributed by atoms with Gasteiger partial charge in [0.25, 0.3) is 11.6 Å². The molecule has 0 aromatic heterocycles. The number of nitro benzene ring substituents is 1. The molecule has 0 bridgehead atoms. The number of non-ortho nitro benzene ring substituents is 1. The summed E-state index contributed by atoms with van der Waals surface area (Å²) in [4.78, 5) is 22.4. The Labute approximate surface area is 146 Å². The molecular weight excluding hydrogens is 378 g/mol. The quantitative estimate of drug-likeness (QED) is 0.479. The summed E-state index contributed by atoms with van der Waals surface area (Å²) in [6.07, 6.45) is 0.